The van der Waals surface area contributed by atoms with E-state index in [9.17, 15) is 9.59 Å². The number of ether oxygens (including phenoxy) is 2. The Labute approximate surface area is 194 Å². The number of hydrogen-bond donors (Lipinski definition) is 2. The number of thioether (sulfide) groups is 1. The van der Waals surface area contributed by atoms with Gasteiger partial charge in [0.25, 0.3) is 5.56 Å². The number of carbonyl (C=O) groups is 1. The Hall–Kier alpha value is -2.52. The number of nitrogens with zero attached hydrogens (tertiary/aromatic N) is 1. The number of amides is 1. The molecule has 1 amide bonds. The van der Waals surface area contributed by atoms with Gasteiger partial charge in [0, 0.05) is 23.1 Å². The van der Waals surface area contributed by atoms with Gasteiger partial charge in [-0.05, 0) is 50.8 Å². The van der Waals surface area contributed by atoms with Crippen LogP contribution in [0.15, 0.2) is 23.0 Å². The molecule has 0 radical (unpaired) electrons. The molecule has 0 fully saturated rings. The van der Waals surface area contributed by atoms with E-state index < -0.39 is 0 Å². The molecule has 0 aliphatic heterocycles. The topological polar surface area (TPSA) is 93.3 Å². The lowest BCUT2D eigenvalue weighted by Crippen LogP contribution is -2.14. The number of aromatic nitrogens is 2. The fourth-order valence-corrected chi connectivity index (χ4v) is 5.89. The first-order valence-electron chi connectivity index (χ1n) is 10.9. The average molecular weight is 474 g/mol. The van der Waals surface area contributed by atoms with Crippen molar-refractivity contribution < 1.29 is 14.3 Å². The van der Waals surface area contributed by atoms with Gasteiger partial charge in [0.15, 0.2) is 0 Å². The molecule has 0 unspecified atom stereocenters. The zero-order chi connectivity index (χ0) is 22.5. The molecular weight excluding hydrogens is 446 g/mol. The van der Waals surface area contributed by atoms with Crippen LogP contribution in [0.2, 0.25) is 0 Å². The van der Waals surface area contributed by atoms with Crippen LogP contribution in [-0.4, -0.2) is 34.8 Å². The number of nitrogens with one attached hydrogen (secondary N) is 2. The molecule has 2 heterocycles. The van der Waals surface area contributed by atoms with Crippen molar-refractivity contribution in [2.45, 2.75) is 45.3 Å². The average Bonchev–Trinajstić information content (AvgIpc) is 3.34. The van der Waals surface area contributed by atoms with Crippen molar-refractivity contribution in [2.24, 2.45) is 0 Å². The van der Waals surface area contributed by atoms with Crippen LogP contribution < -0.4 is 20.3 Å². The number of thiophene rings is 1. The quantitative estimate of drug-likeness (QED) is 0.420. The molecule has 0 saturated heterocycles. The summed E-state index contributed by atoms with van der Waals surface area (Å²) < 4.78 is 11.1. The van der Waals surface area contributed by atoms with Crippen LogP contribution in [0.4, 0.5) is 5.69 Å². The lowest BCUT2D eigenvalue weighted by atomic mass is 10.2. The van der Waals surface area contributed by atoms with E-state index in [-0.39, 0.29) is 11.5 Å². The fourth-order valence-electron chi connectivity index (χ4n) is 3.81. The summed E-state index contributed by atoms with van der Waals surface area (Å²) in [5.41, 5.74) is 1.75. The standard InChI is InChI=1S/C23H27N3O4S2/c1-3-29-14-8-9-17(30-4-2)16(12-14)24-20(27)10-11-31-13-19-25-22(28)21-15-6-5-7-18(15)32-23(21)26-19/h8-9,12H,3-7,10-11,13H2,1-2H3,(H,24,27)(H,25,26,28). The van der Waals surface area contributed by atoms with Crippen LogP contribution in [0.3, 0.4) is 0 Å². The zero-order valence-corrected chi connectivity index (χ0v) is 19.9. The van der Waals surface area contributed by atoms with Gasteiger partial charge in [-0.3, -0.25) is 9.59 Å². The molecule has 1 aromatic carbocycles. The molecule has 4 rings (SSSR count). The zero-order valence-electron chi connectivity index (χ0n) is 18.3. The molecular formula is C23H27N3O4S2. The predicted molar refractivity (Wildman–Crippen MR) is 130 cm³/mol. The van der Waals surface area contributed by atoms with E-state index in [1.165, 1.54) is 10.4 Å². The molecule has 0 saturated carbocycles. The van der Waals surface area contributed by atoms with Crippen LogP contribution in [0.1, 0.15) is 43.0 Å². The Morgan fingerprint density at radius 1 is 1.25 bits per heavy atom. The van der Waals surface area contributed by atoms with Gasteiger partial charge >= 0.3 is 0 Å². The second kappa shape index (κ2) is 10.4. The molecule has 1 aliphatic rings. The van der Waals surface area contributed by atoms with Crippen molar-refractivity contribution in [2.75, 3.05) is 24.3 Å². The molecule has 0 spiro atoms. The summed E-state index contributed by atoms with van der Waals surface area (Å²) in [4.78, 5) is 34.7. The minimum Gasteiger partial charge on any atom is -0.494 e. The molecule has 2 N–H and O–H groups in total. The third kappa shape index (κ3) is 5.10. The molecule has 1 aliphatic carbocycles. The largest absolute Gasteiger partial charge is 0.494 e. The second-order valence-corrected chi connectivity index (χ2v) is 9.61. The summed E-state index contributed by atoms with van der Waals surface area (Å²) in [7, 11) is 0. The van der Waals surface area contributed by atoms with Gasteiger partial charge in [-0.2, -0.15) is 11.8 Å². The van der Waals surface area contributed by atoms with Crippen LogP contribution in [0, 0.1) is 0 Å². The minimum absolute atomic E-state index is 0.0413. The van der Waals surface area contributed by atoms with Crippen LogP contribution in [0.25, 0.3) is 10.2 Å². The number of carbonyl (C=O) groups excluding carboxylic acids is 1. The SMILES string of the molecule is CCOc1ccc(OCC)c(NC(=O)CCSCc2nc3sc4c(c3c(=O)[nH]2)CCC4)c1. The highest BCUT2D eigenvalue weighted by molar-refractivity contribution is 7.98. The van der Waals surface area contributed by atoms with Gasteiger partial charge in [0.2, 0.25) is 5.91 Å². The number of H-pyrrole nitrogens is 1. The number of aromatic amines is 1. The molecule has 32 heavy (non-hydrogen) atoms. The summed E-state index contributed by atoms with van der Waals surface area (Å²) in [5, 5.41) is 3.69. The first-order valence-corrected chi connectivity index (χ1v) is 12.9. The van der Waals surface area contributed by atoms with Crippen LogP contribution >= 0.6 is 23.1 Å². The van der Waals surface area contributed by atoms with Gasteiger partial charge in [0.1, 0.15) is 22.2 Å². The highest BCUT2D eigenvalue weighted by atomic mass is 32.2. The maximum absolute atomic E-state index is 12.5. The van der Waals surface area contributed by atoms with Crippen molar-refractivity contribution >= 4 is 44.9 Å². The third-order valence-corrected chi connectivity index (χ3v) is 7.33. The number of fused-ring (bicyclic) bond motifs is 3. The van der Waals surface area contributed by atoms with E-state index in [4.69, 9.17) is 9.47 Å². The van der Waals surface area contributed by atoms with E-state index in [0.29, 0.717) is 54.2 Å². The first kappa shape index (κ1) is 22.7. The Kier molecular flexibility index (Phi) is 7.36. The highest BCUT2D eigenvalue weighted by Gasteiger charge is 2.21. The van der Waals surface area contributed by atoms with Crippen molar-refractivity contribution in [1.82, 2.24) is 9.97 Å². The maximum atomic E-state index is 12.5. The number of rotatable bonds is 10. The Morgan fingerprint density at radius 2 is 2.09 bits per heavy atom. The van der Waals surface area contributed by atoms with E-state index >= 15 is 0 Å². The normalized spacial score (nSPS) is 12.7. The molecule has 0 atom stereocenters. The van der Waals surface area contributed by atoms with Gasteiger partial charge < -0.3 is 19.8 Å². The third-order valence-electron chi connectivity index (χ3n) is 5.17. The van der Waals surface area contributed by atoms with E-state index in [1.54, 1.807) is 35.2 Å². The summed E-state index contributed by atoms with van der Waals surface area (Å²) in [6, 6.07) is 5.41. The lowest BCUT2D eigenvalue weighted by Gasteiger charge is -2.13. The van der Waals surface area contributed by atoms with Crippen molar-refractivity contribution in [3.8, 4) is 11.5 Å². The van der Waals surface area contributed by atoms with E-state index in [2.05, 4.69) is 15.3 Å². The van der Waals surface area contributed by atoms with Gasteiger partial charge in [-0.1, -0.05) is 0 Å². The lowest BCUT2D eigenvalue weighted by molar-refractivity contribution is -0.115. The minimum atomic E-state index is -0.0984. The number of benzene rings is 1. The van der Waals surface area contributed by atoms with Crippen LogP contribution in [0.5, 0.6) is 11.5 Å². The van der Waals surface area contributed by atoms with Crippen molar-refractivity contribution in [3.05, 3.63) is 44.8 Å². The predicted octanol–water partition coefficient (Wildman–Crippen LogP) is 4.53. The maximum Gasteiger partial charge on any atom is 0.259 e. The van der Waals surface area contributed by atoms with Crippen LogP contribution in [-0.2, 0) is 23.4 Å². The van der Waals surface area contributed by atoms with Crippen molar-refractivity contribution in [1.29, 1.82) is 0 Å². The molecule has 7 nitrogen and oxygen atoms in total. The molecule has 9 heteroatoms. The van der Waals surface area contributed by atoms with Gasteiger partial charge in [-0.25, -0.2) is 4.98 Å². The highest BCUT2D eigenvalue weighted by Crippen LogP contribution is 2.34. The van der Waals surface area contributed by atoms with Crippen molar-refractivity contribution in [3.63, 3.8) is 0 Å². The molecule has 2 aromatic heterocycles. The smallest absolute Gasteiger partial charge is 0.259 e. The number of anilines is 1. The van der Waals surface area contributed by atoms with Gasteiger partial charge in [0.05, 0.1) is 30.0 Å². The summed E-state index contributed by atoms with van der Waals surface area (Å²) in [5.74, 6) is 3.05. The Morgan fingerprint density at radius 3 is 2.91 bits per heavy atom. The number of hydrogen-bond acceptors (Lipinski definition) is 7. The number of aryl methyl sites for hydroxylation is 2. The van der Waals surface area contributed by atoms with Gasteiger partial charge in [-0.15, -0.1) is 11.3 Å². The fraction of sp³-hybridized carbons (Fsp3) is 0.435. The molecule has 3 aromatic rings. The second-order valence-electron chi connectivity index (χ2n) is 7.42. The Balaban J connectivity index is 1.32. The van der Waals surface area contributed by atoms with E-state index in [0.717, 1.165) is 29.5 Å². The molecule has 0 bridgehead atoms. The summed E-state index contributed by atoms with van der Waals surface area (Å²) in [6.07, 6.45) is 3.49. The summed E-state index contributed by atoms with van der Waals surface area (Å²) >= 11 is 3.22. The monoisotopic (exact) mass is 473 g/mol. The van der Waals surface area contributed by atoms with E-state index in [1.807, 2.05) is 19.9 Å². The Bertz CT molecular complexity index is 1170. The molecule has 170 valence electrons. The first-order chi connectivity index (χ1) is 15.6. The summed E-state index contributed by atoms with van der Waals surface area (Å²) in [6.45, 7) is 4.87.